The monoisotopic (exact) mass is 700 g/mol. The summed E-state index contributed by atoms with van der Waals surface area (Å²) >= 11 is 0. The molecule has 272 valence electrons. The van der Waals surface area contributed by atoms with Crippen molar-refractivity contribution in [1.29, 1.82) is 0 Å². The topological polar surface area (TPSA) is 150 Å². The summed E-state index contributed by atoms with van der Waals surface area (Å²) < 4.78 is 16.6. The highest BCUT2D eigenvalue weighted by atomic mass is 16.6. The van der Waals surface area contributed by atoms with Gasteiger partial charge in [0.1, 0.15) is 19.8 Å². The van der Waals surface area contributed by atoms with Gasteiger partial charge in [-0.15, -0.1) is 0 Å². The number of Topliss-reactive ketones (excluding diaryl/α,β-unsaturated/α-hetero) is 3. The SMILES string of the molecule is CC(C)(C)C(=O)c1ccc(C(=O)OCC(CO)(COC(=O)c2ccc(C(=O)C(C)(C)C)cc2)COC(=O)c2ccc(C(=O)C(C)(C)C)cc2)cc1. The van der Waals surface area contributed by atoms with E-state index in [0.29, 0.717) is 16.7 Å². The number of hydrogen-bond acceptors (Lipinski definition) is 10. The average molecular weight is 701 g/mol. The van der Waals surface area contributed by atoms with Crippen molar-refractivity contribution in [3.63, 3.8) is 0 Å². The van der Waals surface area contributed by atoms with Crippen LogP contribution in [0.2, 0.25) is 0 Å². The summed E-state index contributed by atoms with van der Waals surface area (Å²) in [4.78, 5) is 77.0. The predicted octanol–water partition coefficient (Wildman–Crippen LogP) is 7.22. The van der Waals surface area contributed by atoms with Gasteiger partial charge >= 0.3 is 17.9 Å². The predicted molar refractivity (Wildman–Crippen MR) is 191 cm³/mol. The fourth-order valence-corrected chi connectivity index (χ4v) is 4.74. The minimum absolute atomic E-state index is 0.101. The lowest BCUT2D eigenvalue weighted by Crippen LogP contribution is -2.42. The lowest BCUT2D eigenvalue weighted by molar-refractivity contribution is -0.0587. The van der Waals surface area contributed by atoms with E-state index in [0.717, 1.165) is 0 Å². The molecule has 0 aliphatic carbocycles. The van der Waals surface area contributed by atoms with E-state index in [1.807, 2.05) is 0 Å². The first-order valence-corrected chi connectivity index (χ1v) is 16.6. The molecular formula is C41H48O10. The van der Waals surface area contributed by atoms with Crippen molar-refractivity contribution in [2.75, 3.05) is 26.4 Å². The summed E-state index contributed by atoms with van der Waals surface area (Å²) in [5.41, 5.74) is -1.74. The number of esters is 3. The lowest BCUT2D eigenvalue weighted by Gasteiger charge is -2.30. The van der Waals surface area contributed by atoms with Gasteiger partial charge in [-0.2, -0.15) is 0 Å². The molecule has 10 heteroatoms. The molecule has 0 saturated heterocycles. The Kier molecular flexibility index (Phi) is 12.6. The number of ketones is 3. The number of rotatable bonds is 13. The van der Waals surface area contributed by atoms with Crippen LogP contribution in [0.3, 0.4) is 0 Å². The quantitative estimate of drug-likeness (QED) is 0.110. The Hall–Kier alpha value is -4.96. The lowest BCUT2D eigenvalue weighted by atomic mass is 9.86. The second kappa shape index (κ2) is 15.9. The molecule has 0 atom stereocenters. The molecule has 0 spiro atoms. The number of benzene rings is 3. The van der Waals surface area contributed by atoms with Gasteiger partial charge in [-0.1, -0.05) is 98.7 Å². The van der Waals surface area contributed by atoms with Crippen molar-refractivity contribution < 1.29 is 48.1 Å². The molecule has 3 rings (SSSR count). The van der Waals surface area contributed by atoms with Crippen molar-refractivity contribution in [2.24, 2.45) is 21.7 Å². The molecule has 0 radical (unpaired) electrons. The second-order valence-corrected chi connectivity index (χ2v) is 15.9. The summed E-state index contributed by atoms with van der Waals surface area (Å²) in [6.45, 7) is 13.9. The Balaban J connectivity index is 1.80. The molecule has 0 saturated carbocycles. The molecular weight excluding hydrogens is 652 g/mol. The van der Waals surface area contributed by atoms with Crippen molar-refractivity contribution in [2.45, 2.75) is 62.3 Å². The number of carbonyl (C=O) groups is 6. The van der Waals surface area contributed by atoms with Gasteiger partial charge in [0.2, 0.25) is 0 Å². The Labute approximate surface area is 299 Å². The Morgan fingerprint density at radius 1 is 0.412 bits per heavy atom. The van der Waals surface area contributed by atoms with Gasteiger partial charge < -0.3 is 19.3 Å². The van der Waals surface area contributed by atoms with Crippen LogP contribution in [0.4, 0.5) is 0 Å². The summed E-state index contributed by atoms with van der Waals surface area (Å²) in [5, 5.41) is 10.6. The van der Waals surface area contributed by atoms with E-state index < -0.39 is 66.0 Å². The number of aliphatic hydroxyl groups excluding tert-OH is 1. The molecule has 0 aromatic heterocycles. The Morgan fingerprint density at radius 3 is 0.784 bits per heavy atom. The first-order valence-electron chi connectivity index (χ1n) is 16.6. The van der Waals surface area contributed by atoms with Gasteiger partial charge in [0.15, 0.2) is 17.3 Å². The van der Waals surface area contributed by atoms with Crippen LogP contribution in [0.5, 0.6) is 0 Å². The molecule has 0 fully saturated rings. The van der Waals surface area contributed by atoms with Crippen LogP contribution in [0, 0.1) is 21.7 Å². The van der Waals surface area contributed by atoms with Gasteiger partial charge in [-0.3, -0.25) is 14.4 Å². The van der Waals surface area contributed by atoms with Crippen LogP contribution < -0.4 is 0 Å². The second-order valence-electron chi connectivity index (χ2n) is 15.9. The minimum atomic E-state index is -1.58. The summed E-state index contributed by atoms with van der Waals surface area (Å²) in [6, 6.07) is 17.8. The van der Waals surface area contributed by atoms with E-state index in [9.17, 15) is 33.9 Å². The first-order chi connectivity index (χ1) is 23.6. The summed E-state index contributed by atoms with van der Waals surface area (Å²) in [6.07, 6.45) is 0. The van der Waals surface area contributed by atoms with Gasteiger partial charge in [0.25, 0.3) is 0 Å². The molecule has 0 amide bonds. The molecule has 51 heavy (non-hydrogen) atoms. The van der Waals surface area contributed by atoms with Crippen LogP contribution in [-0.4, -0.2) is 66.8 Å². The van der Waals surface area contributed by atoms with E-state index in [4.69, 9.17) is 14.2 Å². The van der Waals surface area contributed by atoms with Crippen molar-refractivity contribution >= 4 is 35.3 Å². The van der Waals surface area contributed by atoms with Gasteiger partial charge in [-0.25, -0.2) is 14.4 Å². The normalized spacial score (nSPS) is 12.1. The maximum Gasteiger partial charge on any atom is 0.338 e. The van der Waals surface area contributed by atoms with Crippen LogP contribution in [-0.2, 0) is 14.2 Å². The number of hydrogen-bond donors (Lipinski definition) is 1. The highest BCUT2D eigenvalue weighted by Gasteiger charge is 2.36. The fourth-order valence-electron chi connectivity index (χ4n) is 4.74. The van der Waals surface area contributed by atoms with E-state index in [-0.39, 0.29) is 34.0 Å². The summed E-state index contributed by atoms with van der Waals surface area (Å²) in [5.74, 6) is -2.64. The molecule has 0 aliphatic heterocycles. The van der Waals surface area contributed by atoms with Crippen LogP contribution in [0.25, 0.3) is 0 Å². The zero-order valence-corrected chi connectivity index (χ0v) is 30.9. The molecule has 0 heterocycles. The highest BCUT2D eigenvalue weighted by Crippen LogP contribution is 2.26. The number of aliphatic hydroxyl groups is 1. The standard InChI is InChI=1S/C41H48O10/c1-38(2,3)32(43)26-10-16-29(17-11-26)35(46)49-23-41(22-42,24-50-36(47)30-18-12-27(13-19-30)33(44)39(4,5)6)25-51-37(48)31-20-14-28(15-21-31)34(45)40(7,8)9/h10-21,42H,22-25H2,1-9H3. The minimum Gasteiger partial charge on any atom is -0.461 e. The first kappa shape index (κ1) is 40.5. The average Bonchev–Trinajstić information content (AvgIpc) is 3.09. The number of carbonyl (C=O) groups excluding carboxylic acids is 6. The van der Waals surface area contributed by atoms with Crippen molar-refractivity contribution in [3.05, 3.63) is 106 Å². The van der Waals surface area contributed by atoms with Crippen LogP contribution in [0.15, 0.2) is 72.8 Å². The maximum atomic E-state index is 13.1. The highest BCUT2D eigenvalue weighted by molar-refractivity contribution is 6.02. The zero-order chi connectivity index (χ0) is 38.4. The van der Waals surface area contributed by atoms with E-state index in [2.05, 4.69) is 0 Å². The summed E-state index contributed by atoms with van der Waals surface area (Å²) in [7, 11) is 0. The van der Waals surface area contributed by atoms with E-state index in [1.165, 1.54) is 72.8 Å². The molecule has 0 aliphatic rings. The largest absolute Gasteiger partial charge is 0.461 e. The third kappa shape index (κ3) is 10.8. The Bertz CT molecular complexity index is 1540. The Morgan fingerprint density at radius 2 is 0.608 bits per heavy atom. The van der Waals surface area contributed by atoms with Gasteiger partial charge in [0.05, 0.1) is 28.7 Å². The third-order valence-electron chi connectivity index (χ3n) is 8.06. The molecule has 0 bridgehead atoms. The third-order valence-corrected chi connectivity index (χ3v) is 8.06. The van der Waals surface area contributed by atoms with Crippen molar-refractivity contribution in [3.8, 4) is 0 Å². The molecule has 1 N–H and O–H groups in total. The maximum absolute atomic E-state index is 13.1. The molecule has 10 nitrogen and oxygen atoms in total. The van der Waals surface area contributed by atoms with Gasteiger partial charge in [-0.05, 0) is 36.4 Å². The molecule has 0 unspecified atom stereocenters. The van der Waals surface area contributed by atoms with E-state index in [1.54, 1.807) is 62.3 Å². The van der Waals surface area contributed by atoms with Crippen LogP contribution >= 0.6 is 0 Å². The van der Waals surface area contributed by atoms with Gasteiger partial charge in [0, 0.05) is 32.9 Å². The van der Waals surface area contributed by atoms with E-state index >= 15 is 0 Å². The zero-order valence-electron chi connectivity index (χ0n) is 30.9. The fraction of sp³-hybridized carbons (Fsp3) is 0.415. The molecule has 3 aromatic rings. The smallest absolute Gasteiger partial charge is 0.338 e. The molecule has 3 aromatic carbocycles. The number of ether oxygens (including phenoxy) is 3. The van der Waals surface area contributed by atoms with Crippen LogP contribution in [0.1, 0.15) is 124 Å². The van der Waals surface area contributed by atoms with Crippen molar-refractivity contribution in [1.82, 2.24) is 0 Å².